The first kappa shape index (κ1) is 20.5. The molecule has 2 amide bonds. The molecule has 0 bridgehead atoms. The zero-order valence-corrected chi connectivity index (χ0v) is 13.2. The monoisotopic (exact) mass is 295 g/mol. The highest BCUT2D eigenvalue weighted by molar-refractivity contribution is 5.87. The van der Waals surface area contributed by atoms with Gasteiger partial charge in [-0.3, -0.25) is 9.59 Å². The number of methoxy groups -OCH3 is 1. The largest absolute Gasteiger partial charge is 0.383 e. The summed E-state index contributed by atoms with van der Waals surface area (Å²) in [6, 6.07) is -0.586. The highest BCUT2D eigenvalue weighted by Crippen LogP contribution is 2.04. The number of ether oxygens (including phenoxy) is 1. The minimum absolute atomic E-state index is 0. The molecule has 0 saturated carbocycles. The van der Waals surface area contributed by atoms with Crippen LogP contribution in [0.25, 0.3) is 0 Å². The Labute approximate surface area is 121 Å². The normalized spacial score (nSPS) is 11.7. The van der Waals surface area contributed by atoms with E-state index in [4.69, 9.17) is 10.5 Å². The number of hydrogen-bond acceptors (Lipinski definition) is 4. The molecule has 0 aliphatic heterocycles. The molecular formula is C12H26ClN3O3. The van der Waals surface area contributed by atoms with E-state index in [-0.39, 0.29) is 36.7 Å². The van der Waals surface area contributed by atoms with Gasteiger partial charge >= 0.3 is 0 Å². The molecule has 2 N–H and O–H groups in total. The maximum atomic E-state index is 12.1. The minimum atomic E-state index is -0.586. The van der Waals surface area contributed by atoms with Crippen molar-refractivity contribution in [2.45, 2.75) is 19.9 Å². The van der Waals surface area contributed by atoms with E-state index in [1.807, 2.05) is 13.8 Å². The van der Waals surface area contributed by atoms with Gasteiger partial charge in [0, 0.05) is 27.7 Å². The summed E-state index contributed by atoms with van der Waals surface area (Å²) in [6.07, 6.45) is 0. The van der Waals surface area contributed by atoms with E-state index < -0.39 is 6.04 Å². The van der Waals surface area contributed by atoms with Gasteiger partial charge in [-0.05, 0) is 5.92 Å². The fraction of sp³-hybridized carbons (Fsp3) is 0.833. The molecule has 6 nitrogen and oxygen atoms in total. The summed E-state index contributed by atoms with van der Waals surface area (Å²) in [6.45, 7) is 4.55. The molecule has 0 rings (SSSR count). The van der Waals surface area contributed by atoms with Crippen LogP contribution in [-0.4, -0.2) is 68.6 Å². The first-order chi connectivity index (χ1) is 8.31. The summed E-state index contributed by atoms with van der Waals surface area (Å²) in [7, 11) is 4.87. The molecule has 7 heteroatoms. The van der Waals surface area contributed by atoms with E-state index in [1.165, 1.54) is 9.80 Å². The lowest BCUT2D eigenvalue weighted by molar-refractivity contribution is -0.141. The number of hydrogen-bond donors (Lipinski definition) is 1. The molecule has 114 valence electrons. The minimum Gasteiger partial charge on any atom is -0.383 e. The third kappa shape index (κ3) is 7.34. The Morgan fingerprint density at radius 3 is 2.16 bits per heavy atom. The summed E-state index contributed by atoms with van der Waals surface area (Å²) in [5, 5.41) is 0. The third-order valence-electron chi connectivity index (χ3n) is 2.71. The highest BCUT2D eigenvalue weighted by Gasteiger charge is 2.25. The number of carbonyl (C=O) groups is 2. The van der Waals surface area contributed by atoms with Crippen molar-refractivity contribution in [1.29, 1.82) is 0 Å². The van der Waals surface area contributed by atoms with Gasteiger partial charge in [-0.2, -0.15) is 0 Å². The zero-order valence-electron chi connectivity index (χ0n) is 12.4. The van der Waals surface area contributed by atoms with E-state index in [9.17, 15) is 9.59 Å². The Balaban J connectivity index is 0. The van der Waals surface area contributed by atoms with Gasteiger partial charge in [0.15, 0.2) is 0 Å². The number of nitrogens with two attached hydrogens (primary N) is 1. The molecule has 1 atom stereocenters. The predicted molar refractivity (Wildman–Crippen MR) is 77.2 cm³/mol. The van der Waals surface area contributed by atoms with Crippen LogP contribution in [0.4, 0.5) is 0 Å². The number of carbonyl (C=O) groups excluding carboxylic acids is 2. The standard InChI is InChI=1S/C12H25N3O3.ClH/c1-9(2)11(13)12(17)15(6-7-18-5)8-10(16)14(3)4;/h9,11H,6-8,13H2,1-5H3;1H/t11-;/m0./s1. The van der Waals surface area contributed by atoms with E-state index in [1.54, 1.807) is 21.2 Å². The van der Waals surface area contributed by atoms with Gasteiger partial charge < -0.3 is 20.3 Å². The van der Waals surface area contributed by atoms with Gasteiger partial charge in [0.25, 0.3) is 0 Å². The van der Waals surface area contributed by atoms with Crippen LogP contribution >= 0.6 is 12.4 Å². The molecule has 19 heavy (non-hydrogen) atoms. The molecule has 0 aromatic carbocycles. The van der Waals surface area contributed by atoms with Gasteiger partial charge in [-0.25, -0.2) is 0 Å². The van der Waals surface area contributed by atoms with Crippen molar-refractivity contribution in [3.05, 3.63) is 0 Å². The molecule has 0 radical (unpaired) electrons. The number of rotatable bonds is 7. The molecular weight excluding hydrogens is 270 g/mol. The van der Waals surface area contributed by atoms with Crippen molar-refractivity contribution in [3.63, 3.8) is 0 Å². The van der Waals surface area contributed by atoms with Gasteiger partial charge in [0.1, 0.15) is 0 Å². The van der Waals surface area contributed by atoms with E-state index in [0.29, 0.717) is 13.2 Å². The maximum absolute atomic E-state index is 12.1. The Kier molecular flexibility index (Phi) is 10.8. The SMILES string of the molecule is COCCN(CC(=O)N(C)C)C(=O)[C@@H](N)C(C)C.Cl. The first-order valence-electron chi connectivity index (χ1n) is 6.04. The quantitative estimate of drug-likeness (QED) is 0.715. The molecule has 0 aliphatic carbocycles. The van der Waals surface area contributed by atoms with E-state index in [2.05, 4.69) is 0 Å². The third-order valence-corrected chi connectivity index (χ3v) is 2.71. The van der Waals surface area contributed by atoms with E-state index in [0.717, 1.165) is 0 Å². The van der Waals surface area contributed by atoms with Gasteiger partial charge in [0.05, 0.1) is 19.2 Å². The average molecular weight is 296 g/mol. The molecule has 0 heterocycles. The van der Waals surface area contributed by atoms with Crippen molar-refractivity contribution >= 4 is 24.2 Å². The lowest BCUT2D eigenvalue weighted by Crippen LogP contribution is -2.50. The van der Waals surface area contributed by atoms with Crippen molar-refractivity contribution in [2.75, 3.05) is 40.9 Å². The first-order valence-corrected chi connectivity index (χ1v) is 6.04. The van der Waals surface area contributed by atoms with Crippen LogP contribution in [-0.2, 0) is 14.3 Å². The smallest absolute Gasteiger partial charge is 0.241 e. The zero-order chi connectivity index (χ0) is 14.3. The molecule has 0 fully saturated rings. The number of halogens is 1. The van der Waals surface area contributed by atoms with E-state index >= 15 is 0 Å². The second-order valence-electron chi connectivity index (χ2n) is 4.81. The number of nitrogens with zero attached hydrogens (tertiary/aromatic N) is 2. The van der Waals surface area contributed by atoms with Gasteiger partial charge in [0.2, 0.25) is 11.8 Å². The highest BCUT2D eigenvalue weighted by atomic mass is 35.5. The van der Waals surface area contributed by atoms with Crippen LogP contribution in [0.15, 0.2) is 0 Å². The number of likely N-dealkylation sites (N-methyl/N-ethyl adjacent to an activating group) is 1. The molecule has 0 unspecified atom stereocenters. The van der Waals surface area contributed by atoms with Crippen molar-refractivity contribution in [3.8, 4) is 0 Å². The topological polar surface area (TPSA) is 75.9 Å². The summed E-state index contributed by atoms with van der Waals surface area (Å²) in [5.74, 6) is -0.301. The molecule has 0 spiro atoms. The average Bonchev–Trinajstić information content (AvgIpc) is 2.31. The molecule has 0 saturated heterocycles. The fourth-order valence-electron chi connectivity index (χ4n) is 1.27. The molecule has 0 aromatic rings. The van der Waals surface area contributed by atoms with Crippen molar-refractivity contribution < 1.29 is 14.3 Å². The Morgan fingerprint density at radius 2 is 1.79 bits per heavy atom. The van der Waals surface area contributed by atoms with Gasteiger partial charge in [-0.1, -0.05) is 13.8 Å². The number of amides is 2. The lowest BCUT2D eigenvalue weighted by atomic mass is 10.0. The van der Waals surface area contributed by atoms with Crippen LogP contribution in [0, 0.1) is 5.92 Å². The second-order valence-corrected chi connectivity index (χ2v) is 4.81. The van der Waals surface area contributed by atoms with Crippen LogP contribution in [0.3, 0.4) is 0 Å². The van der Waals surface area contributed by atoms with Crippen LogP contribution in [0.1, 0.15) is 13.8 Å². The summed E-state index contributed by atoms with van der Waals surface area (Å²) in [5.41, 5.74) is 5.83. The van der Waals surface area contributed by atoms with Crippen LogP contribution < -0.4 is 5.73 Å². The Hall–Kier alpha value is -0.850. The van der Waals surface area contributed by atoms with Gasteiger partial charge in [-0.15, -0.1) is 12.4 Å². The fourth-order valence-corrected chi connectivity index (χ4v) is 1.27. The summed E-state index contributed by atoms with van der Waals surface area (Å²) >= 11 is 0. The predicted octanol–water partition coefficient (Wildman–Crippen LogP) is -0.0453. The molecule has 0 aliphatic rings. The Bertz CT molecular complexity index is 285. The Morgan fingerprint density at radius 1 is 1.26 bits per heavy atom. The molecule has 0 aromatic heterocycles. The van der Waals surface area contributed by atoms with Crippen LogP contribution in [0.2, 0.25) is 0 Å². The lowest BCUT2D eigenvalue weighted by Gasteiger charge is -2.27. The summed E-state index contributed by atoms with van der Waals surface area (Å²) in [4.78, 5) is 26.7. The second kappa shape index (κ2) is 10.00. The van der Waals surface area contributed by atoms with Crippen molar-refractivity contribution in [2.24, 2.45) is 11.7 Å². The van der Waals surface area contributed by atoms with Crippen LogP contribution in [0.5, 0.6) is 0 Å². The summed E-state index contributed by atoms with van der Waals surface area (Å²) < 4.78 is 4.95. The maximum Gasteiger partial charge on any atom is 0.241 e. The van der Waals surface area contributed by atoms with Crippen molar-refractivity contribution in [1.82, 2.24) is 9.80 Å².